The number of aromatic nitrogens is 3. The van der Waals surface area contributed by atoms with Crippen molar-refractivity contribution < 1.29 is 9.90 Å². The second kappa shape index (κ2) is 4.84. The van der Waals surface area contributed by atoms with Gasteiger partial charge in [0.05, 0.1) is 11.9 Å². The summed E-state index contributed by atoms with van der Waals surface area (Å²) >= 11 is 0. The minimum absolute atomic E-state index is 0.0566. The van der Waals surface area contributed by atoms with Crippen molar-refractivity contribution in [1.29, 1.82) is 0 Å². The highest BCUT2D eigenvalue weighted by molar-refractivity contribution is 5.88. The number of hydrogen-bond acceptors (Lipinski definition) is 3. The molecule has 3 rings (SSSR count). The van der Waals surface area contributed by atoms with Gasteiger partial charge in [-0.2, -0.15) is 0 Å². The van der Waals surface area contributed by atoms with Gasteiger partial charge < -0.3 is 5.11 Å². The molecular weight excluding hydrogens is 266 g/mol. The van der Waals surface area contributed by atoms with Crippen LogP contribution in [0, 0.1) is 20.8 Å². The summed E-state index contributed by atoms with van der Waals surface area (Å²) in [5.74, 6) is -0.125. The number of aliphatic carboxylic acids is 1. The smallest absolute Gasteiger partial charge is 0.303 e. The summed E-state index contributed by atoms with van der Waals surface area (Å²) < 4.78 is 1.99. The Morgan fingerprint density at radius 1 is 1.14 bits per heavy atom. The Labute approximate surface area is 122 Å². The predicted molar refractivity (Wildman–Crippen MR) is 80.7 cm³/mol. The molecule has 0 atom stereocenters. The zero-order valence-electron chi connectivity index (χ0n) is 12.3. The Bertz CT molecular complexity index is 865. The normalized spacial score (nSPS) is 11.4. The van der Waals surface area contributed by atoms with E-state index >= 15 is 0 Å². The number of carboxylic acids is 1. The first-order chi connectivity index (χ1) is 9.97. The summed E-state index contributed by atoms with van der Waals surface area (Å²) in [6, 6.07) is 6.28. The van der Waals surface area contributed by atoms with E-state index in [-0.39, 0.29) is 6.42 Å². The van der Waals surface area contributed by atoms with E-state index < -0.39 is 5.97 Å². The van der Waals surface area contributed by atoms with Gasteiger partial charge in [0, 0.05) is 11.8 Å². The molecule has 0 aliphatic carbocycles. The van der Waals surface area contributed by atoms with Crippen LogP contribution in [0.15, 0.2) is 18.2 Å². The molecule has 1 N–H and O–H groups in total. The number of aryl methyl sites for hydroxylation is 4. The van der Waals surface area contributed by atoms with Crippen LogP contribution in [0.1, 0.15) is 28.9 Å². The van der Waals surface area contributed by atoms with Gasteiger partial charge in [0.2, 0.25) is 0 Å². The SMILES string of the molecule is Cc1cc(C)c2c(c1)c(C)cc1nnc(CCC(=O)O)n12. The van der Waals surface area contributed by atoms with Crippen LogP contribution in [-0.4, -0.2) is 25.7 Å². The maximum atomic E-state index is 10.8. The van der Waals surface area contributed by atoms with Gasteiger partial charge in [0.25, 0.3) is 0 Å². The van der Waals surface area contributed by atoms with E-state index in [2.05, 4.69) is 43.1 Å². The third-order valence-electron chi connectivity index (χ3n) is 3.76. The summed E-state index contributed by atoms with van der Waals surface area (Å²) in [4.78, 5) is 10.8. The number of benzene rings is 1. The highest BCUT2D eigenvalue weighted by atomic mass is 16.4. The highest BCUT2D eigenvalue weighted by Crippen LogP contribution is 2.26. The molecule has 0 saturated carbocycles. The van der Waals surface area contributed by atoms with Crippen molar-refractivity contribution in [3.8, 4) is 0 Å². The van der Waals surface area contributed by atoms with Crippen LogP contribution in [0.4, 0.5) is 0 Å². The second-order valence-electron chi connectivity index (χ2n) is 5.51. The number of nitrogens with zero attached hydrogens (tertiary/aromatic N) is 3. The number of rotatable bonds is 3. The van der Waals surface area contributed by atoms with Crippen molar-refractivity contribution in [3.05, 3.63) is 40.7 Å². The van der Waals surface area contributed by atoms with E-state index in [0.29, 0.717) is 12.2 Å². The van der Waals surface area contributed by atoms with Crippen LogP contribution in [0.5, 0.6) is 0 Å². The maximum Gasteiger partial charge on any atom is 0.303 e. The minimum Gasteiger partial charge on any atom is -0.481 e. The third-order valence-corrected chi connectivity index (χ3v) is 3.76. The standard InChI is InChI=1S/C16H17N3O2/c1-9-6-11(3)16-12(7-9)10(2)8-14-18-17-13(19(14)16)4-5-15(20)21/h6-8H,4-5H2,1-3H3,(H,20,21). The van der Waals surface area contributed by atoms with E-state index in [1.165, 1.54) is 5.56 Å². The van der Waals surface area contributed by atoms with Crippen LogP contribution in [-0.2, 0) is 11.2 Å². The molecule has 0 fully saturated rings. The highest BCUT2D eigenvalue weighted by Gasteiger charge is 2.14. The Kier molecular flexibility index (Phi) is 3.12. The van der Waals surface area contributed by atoms with Gasteiger partial charge in [0.15, 0.2) is 5.65 Å². The van der Waals surface area contributed by atoms with Gasteiger partial charge in [0.1, 0.15) is 5.82 Å². The van der Waals surface area contributed by atoms with Gasteiger partial charge in [-0.1, -0.05) is 11.6 Å². The maximum absolute atomic E-state index is 10.8. The molecule has 1 aromatic carbocycles. The lowest BCUT2D eigenvalue weighted by Gasteiger charge is -2.11. The van der Waals surface area contributed by atoms with E-state index in [1.54, 1.807) is 0 Å². The largest absolute Gasteiger partial charge is 0.481 e. The number of carboxylic acid groups (broad SMARTS) is 1. The summed E-state index contributed by atoms with van der Waals surface area (Å²) in [7, 11) is 0. The van der Waals surface area contributed by atoms with Crippen molar-refractivity contribution in [3.63, 3.8) is 0 Å². The molecule has 2 heterocycles. The van der Waals surface area contributed by atoms with E-state index in [1.807, 2.05) is 10.5 Å². The van der Waals surface area contributed by atoms with Crippen molar-refractivity contribution >= 4 is 22.5 Å². The molecular formula is C16H17N3O2. The van der Waals surface area contributed by atoms with Crippen LogP contribution in [0.2, 0.25) is 0 Å². The lowest BCUT2D eigenvalue weighted by molar-refractivity contribution is -0.137. The Morgan fingerprint density at radius 2 is 1.90 bits per heavy atom. The van der Waals surface area contributed by atoms with Crippen LogP contribution in [0.3, 0.4) is 0 Å². The molecule has 0 aliphatic rings. The van der Waals surface area contributed by atoms with Crippen LogP contribution in [0.25, 0.3) is 16.6 Å². The molecule has 5 heteroatoms. The zero-order valence-corrected chi connectivity index (χ0v) is 12.3. The topological polar surface area (TPSA) is 67.5 Å². The number of hydrogen-bond donors (Lipinski definition) is 1. The van der Waals surface area contributed by atoms with Crippen molar-refractivity contribution in [2.24, 2.45) is 0 Å². The Morgan fingerprint density at radius 3 is 2.62 bits per heavy atom. The fraction of sp³-hybridized carbons (Fsp3) is 0.312. The van der Waals surface area contributed by atoms with Gasteiger partial charge in [-0.25, -0.2) is 0 Å². The fourth-order valence-corrected chi connectivity index (χ4v) is 2.88. The van der Waals surface area contributed by atoms with Gasteiger partial charge in [-0.15, -0.1) is 10.2 Å². The number of carbonyl (C=O) groups is 1. The molecule has 108 valence electrons. The zero-order chi connectivity index (χ0) is 15.1. The molecule has 0 radical (unpaired) electrons. The average Bonchev–Trinajstić information content (AvgIpc) is 2.79. The first-order valence-corrected chi connectivity index (χ1v) is 6.93. The summed E-state index contributed by atoms with van der Waals surface area (Å²) in [5, 5.41) is 18.4. The molecule has 21 heavy (non-hydrogen) atoms. The molecule has 0 spiro atoms. The quantitative estimate of drug-likeness (QED) is 0.802. The molecule has 0 aliphatic heterocycles. The van der Waals surface area contributed by atoms with Crippen molar-refractivity contribution in [2.45, 2.75) is 33.6 Å². The van der Waals surface area contributed by atoms with E-state index in [4.69, 9.17) is 5.11 Å². The molecule has 0 unspecified atom stereocenters. The Balaban J connectivity index is 2.34. The van der Waals surface area contributed by atoms with E-state index in [0.717, 1.165) is 27.7 Å². The first-order valence-electron chi connectivity index (χ1n) is 6.93. The van der Waals surface area contributed by atoms with Gasteiger partial charge in [-0.3, -0.25) is 9.20 Å². The molecule has 0 amide bonds. The van der Waals surface area contributed by atoms with Crippen molar-refractivity contribution in [1.82, 2.24) is 14.6 Å². The summed E-state index contributed by atoms with van der Waals surface area (Å²) in [6.45, 7) is 6.20. The first kappa shape index (κ1) is 13.5. The lowest BCUT2D eigenvalue weighted by atomic mass is 10.0. The summed E-state index contributed by atoms with van der Waals surface area (Å²) in [6.07, 6.45) is 0.434. The number of fused-ring (bicyclic) bond motifs is 3. The second-order valence-corrected chi connectivity index (χ2v) is 5.51. The van der Waals surface area contributed by atoms with Crippen molar-refractivity contribution in [2.75, 3.05) is 0 Å². The Hall–Kier alpha value is -2.43. The molecule has 0 bridgehead atoms. The lowest BCUT2D eigenvalue weighted by Crippen LogP contribution is -2.03. The third kappa shape index (κ3) is 2.24. The van der Waals surface area contributed by atoms with E-state index in [9.17, 15) is 4.79 Å². The van der Waals surface area contributed by atoms with Crippen LogP contribution < -0.4 is 0 Å². The van der Waals surface area contributed by atoms with Gasteiger partial charge in [-0.05, 0) is 44.0 Å². The van der Waals surface area contributed by atoms with Gasteiger partial charge >= 0.3 is 5.97 Å². The monoisotopic (exact) mass is 283 g/mol. The predicted octanol–water partition coefficient (Wildman–Crippen LogP) is 2.82. The molecule has 2 aromatic heterocycles. The molecule has 0 saturated heterocycles. The molecule has 5 nitrogen and oxygen atoms in total. The number of pyridine rings is 1. The van der Waals surface area contributed by atoms with Crippen LogP contribution >= 0.6 is 0 Å². The fourth-order valence-electron chi connectivity index (χ4n) is 2.88. The minimum atomic E-state index is -0.823. The summed E-state index contributed by atoms with van der Waals surface area (Å²) in [5.41, 5.74) is 5.35. The molecule has 3 aromatic rings. The average molecular weight is 283 g/mol.